The lowest BCUT2D eigenvalue weighted by Gasteiger charge is -2.66. The number of rotatable bonds is 1. The number of hydrogen-bond acceptors (Lipinski definition) is 2. The zero-order valence-corrected chi connectivity index (χ0v) is 21.9. The minimum absolute atomic E-state index is 0.00506. The molecule has 0 spiro atoms. The highest BCUT2D eigenvalue weighted by Crippen LogP contribution is 2.72. The maximum atomic E-state index is 14.1. The van der Waals surface area contributed by atoms with Gasteiger partial charge < -0.3 is 0 Å². The van der Waals surface area contributed by atoms with Crippen LogP contribution in [-0.2, 0) is 0 Å². The van der Waals surface area contributed by atoms with Crippen LogP contribution in [0.3, 0.4) is 0 Å². The zero-order chi connectivity index (χ0) is 24.1. The summed E-state index contributed by atoms with van der Waals surface area (Å²) in [6.07, 6.45) is 10.2. The van der Waals surface area contributed by atoms with Crippen molar-refractivity contribution in [2.45, 2.75) is 99.7 Å². The summed E-state index contributed by atoms with van der Waals surface area (Å²) < 4.78 is 5.39. The van der Waals surface area contributed by atoms with Crippen LogP contribution in [0.4, 0.5) is 0 Å². The summed E-state index contributed by atoms with van der Waals surface area (Å²) in [4.78, 5) is 28.2. The molecule has 4 bridgehead atoms. The molecule has 2 saturated carbocycles. The molecule has 2 fully saturated rings. The summed E-state index contributed by atoms with van der Waals surface area (Å²) in [5, 5.41) is 0. The van der Waals surface area contributed by atoms with Crippen LogP contribution in [0.2, 0.25) is 0 Å². The van der Waals surface area contributed by atoms with Gasteiger partial charge in [-0.3, -0.25) is 0 Å². The molecule has 5 heteroatoms. The third-order valence-electron chi connectivity index (χ3n) is 11.4. The first-order chi connectivity index (χ1) is 15.1. The van der Waals surface area contributed by atoms with Crippen LogP contribution in [0.15, 0.2) is 33.4 Å². The van der Waals surface area contributed by atoms with Gasteiger partial charge in [0.15, 0.2) is 0 Å². The molecule has 0 amide bonds. The maximum Gasteiger partial charge on any atom is 0.348 e. The molecule has 0 radical (unpaired) electrons. The van der Waals surface area contributed by atoms with Gasteiger partial charge in [0.05, 0.1) is 12.1 Å². The van der Waals surface area contributed by atoms with E-state index < -0.39 is 0 Å². The summed E-state index contributed by atoms with van der Waals surface area (Å²) in [6.45, 7) is 20.7. The summed E-state index contributed by atoms with van der Waals surface area (Å²) in [6, 6.07) is -0.205. The molecule has 7 atom stereocenters. The van der Waals surface area contributed by atoms with E-state index in [9.17, 15) is 9.59 Å². The normalized spacial score (nSPS) is 42.2. The Hall–Kier alpha value is -1.78. The molecular weight excluding hydrogens is 410 g/mol. The minimum atomic E-state index is -0.144. The third kappa shape index (κ3) is 2.13. The number of fused-ring (bicyclic) bond motifs is 2. The van der Waals surface area contributed by atoms with E-state index in [1.807, 2.05) is 9.36 Å². The molecule has 33 heavy (non-hydrogen) atoms. The maximum absolute atomic E-state index is 14.1. The van der Waals surface area contributed by atoms with Crippen molar-refractivity contribution in [3.05, 3.63) is 44.8 Å². The lowest BCUT2D eigenvalue weighted by atomic mass is 9.41. The van der Waals surface area contributed by atoms with Gasteiger partial charge >= 0.3 is 11.4 Å². The van der Waals surface area contributed by atoms with E-state index in [1.165, 1.54) is 12.0 Å². The van der Waals surface area contributed by atoms with E-state index in [2.05, 4.69) is 80.5 Å². The molecule has 7 rings (SSSR count). The van der Waals surface area contributed by atoms with Crippen molar-refractivity contribution in [2.75, 3.05) is 0 Å². The first-order valence-electron chi connectivity index (χ1n) is 13.0. The molecule has 0 saturated heterocycles. The highest BCUT2D eigenvalue weighted by molar-refractivity contribution is 5.44. The first kappa shape index (κ1) is 21.7. The van der Waals surface area contributed by atoms with Crippen molar-refractivity contribution >= 4 is 0 Å². The third-order valence-corrected chi connectivity index (χ3v) is 11.4. The lowest BCUT2D eigenvalue weighted by Crippen LogP contribution is -2.64. The van der Waals surface area contributed by atoms with Gasteiger partial charge in [-0.25, -0.2) is 23.5 Å². The number of aromatic nitrogens is 3. The van der Waals surface area contributed by atoms with Crippen LogP contribution in [0, 0.1) is 38.9 Å². The predicted octanol–water partition coefficient (Wildman–Crippen LogP) is 5.50. The Kier molecular flexibility index (Phi) is 3.76. The van der Waals surface area contributed by atoms with E-state index in [1.54, 1.807) is 4.57 Å². The predicted molar refractivity (Wildman–Crippen MR) is 131 cm³/mol. The fourth-order valence-corrected chi connectivity index (χ4v) is 8.97. The van der Waals surface area contributed by atoms with Gasteiger partial charge in [-0.05, 0) is 46.8 Å². The Labute approximate surface area is 197 Å². The smallest absolute Gasteiger partial charge is 0.246 e. The molecule has 0 aromatic carbocycles. The molecule has 2 aliphatic heterocycles. The zero-order valence-electron chi connectivity index (χ0n) is 21.9. The molecule has 5 nitrogen and oxygen atoms in total. The quantitative estimate of drug-likeness (QED) is 0.530. The lowest BCUT2D eigenvalue weighted by molar-refractivity contribution is -0.0653. The van der Waals surface area contributed by atoms with Crippen LogP contribution in [0.5, 0.6) is 0 Å². The van der Waals surface area contributed by atoms with Crippen molar-refractivity contribution in [3.8, 4) is 0 Å². The van der Waals surface area contributed by atoms with E-state index in [0.717, 1.165) is 12.8 Å². The van der Waals surface area contributed by atoms with Gasteiger partial charge in [0.1, 0.15) is 0 Å². The van der Waals surface area contributed by atoms with E-state index in [4.69, 9.17) is 0 Å². The second-order valence-electron chi connectivity index (χ2n) is 14.6. The molecule has 180 valence electrons. The Bertz CT molecular complexity index is 1240. The molecule has 0 unspecified atom stereocenters. The average Bonchev–Trinajstić information content (AvgIpc) is 3.11. The van der Waals surface area contributed by atoms with Crippen LogP contribution >= 0.6 is 0 Å². The molecule has 1 aromatic heterocycles. The van der Waals surface area contributed by atoms with Crippen molar-refractivity contribution in [1.29, 1.82) is 0 Å². The number of allylic oxidation sites excluding steroid dienone is 4. The molecule has 6 aliphatic rings. The molecule has 3 heterocycles. The Morgan fingerprint density at radius 3 is 2.09 bits per heavy atom. The Morgan fingerprint density at radius 2 is 1.58 bits per heavy atom. The van der Waals surface area contributed by atoms with Gasteiger partial charge in [-0.15, -0.1) is 0 Å². The monoisotopic (exact) mass is 451 g/mol. The van der Waals surface area contributed by atoms with Crippen molar-refractivity contribution < 1.29 is 0 Å². The van der Waals surface area contributed by atoms with Crippen molar-refractivity contribution in [3.63, 3.8) is 0 Å². The number of hydrogen-bond donors (Lipinski definition) is 0. The fourth-order valence-electron chi connectivity index (χ4n) is 8.97. The fraction of sp³-hybridized carbons (Fsp3) is 0.786. The van der Waals surface area contributed by atoms with Crippen LogP contribution < -0.4 is 11.4 Å². The molecular formula is C28H41N3O2. The summed E-state index contributed by atoms with van der Waals surface area (Å²) in [5.74, 6) is 0.842. The van der Waals surface area contributed by atoms with Gasteiger partial charge in [-0.1, -0.05) is 86.1 Å². The van der Waals surface area contributed by atoms with Gasteiger partial charge in [0.2, 0.25) is 0 Å². The molecule has 0 N–H and O–H groups in total. The molecule has 4 aliphatic carbocycles. The van der Waals surface area contributed by atoms with Gasteiger partial charge in [0, 0.05) is 17.4 Å². The topological polar surface area (TPSA) is 48.9 Å². The number of nitrogens with zero attached hydrogens (tertiary/aromatic N) is 3. The van der Waals surface area contributed by atoms with E-state index in [0.29, 0.717) is 5.92 Å². The second-order valence-corrected chi connectivity index (χ2v) is 14.6. The summed E-state index contributed by atoms with van der Waals surface area (Å²) in [7, 11) is 0. The average molecular weight is 452 g/mol. The van der Waals surface area contributed by atoms with Crippen LogP contribution in [0.1, 0.15) is 99.7 Å². The second kappa shape index (κ2) is 5.71. The van der Waals surface area contributed by atoms with Crippen LogP contribution in [0.25, 0.3) is 0 Å². The SMILES string of the molecule is CC(C)(C)C1=C[C@@]2(C(C)(C)C)[C@H]1[C@H]1C=C[C@H]2n2c(=O)n([C@@H]3C[C@H]4CC[C@@]3(C)C4(C)C)c(=O)n21. The van der Waals surface area contributed by atoms with E-state index >= 15 is 0 Å². The Morgan fingerprint density at radius 1 is 0.939 bits per heavy atom. The van der Waals surface area contributed by atoms with Crippen molar-refractivity contribution in [2.24, 2.45) is 38.9 Å². The first-order valence-corrected chi connectivity index (χ1v) is 13.0. The minimum Gasteiger partial charge on any atom is -0.246 e. The van der Waals surface area contributed by atoms with E-state index in [-0.39, 0.29) is 62.5 Å². The van der Waals surface area contributed by atoms with Crippen LogP contribution in [-0.4, -0.2) is 13.9 Å². The highest BCUT2D eigenvalue weighted by Gasteiger charge is 2.68. The highest BCUT2D eigenvalue weighted by atomic mass is 16.2. The molecule has 1 aromatic rings. The van der Waals surface area contributed by atoms with Gasteiger partial charge in [-0.2, -0.15) is 0 Å². The Balaban J connectivity index is 1.57. The standard InChI is InChI=1S/C28H41N3O2/c1-24(2,3)17-15-28(25(4,5)6)19-11-10-18(21(17)28)30-22(32)29(23(33)31(19)30)20-14-16-12-13-27(20,9)26(16,7)8/h10-11,15-16,18-21H,12-14H2,1-9H3/t16-,18-,19-,20-,21-,27-,28+/m1/s1. The van der Waals surface area contributed by atoms with Gasteiger partial charge in [0.25, 0.3) is 0 Å². The summed E-state index contributed by atoms with van der Waals surface area (Å²) >= 11 is 0. The largest absolute Gasteiger partial charge is 0.348 e. The summed E-state index contributed by atoms with van der Waals surface area (Å²) in [5.41, 5.74) is 1.28. The van der Waals surface area contributed by atoms with Crippen molar-refractivity contribution in [1.82, 2.24) is 13.9 Å².